The number of unbranched alkanes of at least 4 members (excludes halogenated alkanes) is 2. The van der Waals surface area contributed by atoms with Gasteiger partial charge in [-0.25, -0.2) is 0 Å². The molecule has 0 atom stereocenters. The van der Waals surface area contributed by atoms with Gasteiger partial charge in [0.25, 0.3) is 0 Å². The molecule has 0 bridgehead atoms. The maximum atomic E-state index is 10.6. The van der Waals surface area contributed by atoms with Crippen molar-refractivity contribution < 1.29 is 14.6 Å². The molecule has 39 heavy (non-hydrogen) atoms. The number of hydrogen-bond donors (Lipinski definition) is 6. The predicted molar refractivity (Wildman–Crippen MR) is 164 cm³/mol. The van der Waals surface area contributed by atoms with Crippen LogP contribution >= 0.6 is 0 Å². The molecule has 0 aliphatic rings. The summed E-state index contributed by atoms with van der Waals surface area (Å²) in [5, 5.41) is 21.2. The lowest BCUT2D eigenvalue weighted by molar-refractivity contribution is 0.258. The lowest BCUT2D eigenvalue weighted by atomic mass is 9.71. The molecule has 0 saturated heterocycles. The fourth-order valence-electron chi connectivity index (χ4n) is 4.50. The van der Waals surface area contributed by atoms with Crippen LogP contribution in [0.5, 0.6) is 0 Å². The molecule has 216 valence electrons. The molecule has 0 spiro atoms. The molecule has 0 saturated carbocycles. The Balaban J connectivity index is 1.90. The average Bonchev–Trinajstić information content (AvgIpc) is 2.95. The zero-order valence-electron chi connectivity index (χ0n) is 23.6. The van der Waals surface area contributed by atoms with Crippen molar-refractivity contribution in [2.24, 2.45) is 22.9 Å². The van der Waals surface area contributed by atoms with E-state index in [1.165, 1.54) is 0 Å². The van der Waals surface area contributed by atoms with Gasteiger partial charge in [-0.3, -0.25) is 9.80 Å². The Morgan fingerprint density at radius 1 is 0.513 bits per heavy atom. The SMILES string of the molecule is NCCCCN(CCCN)Cc1ccc(B(O)OB(O)c2ccc(CN(CCCN)CCCCN)cc2)cc1. The summed E-state index contributed by atoms with van der Waals surface area (Å²) in [7, 11) is -2.47. The lowest BCUT2D eigenvalue weighted by Crippen LogP contribution is -2.45. The van der Waals surface area contributed by atoms with E-state index >= 15 is 0 Å². The van der Waals surface area contributed by atoms with Gasteiger partial charge >= 0.3 is 14.2 Å². The molecule has 2 rings (SSSR count). The third-order valence-electron chi connectivity index (χ3n) is 6.81. The molecule has 11 heteroatoms. The molecule has 2 aromatic rings. The molecule has 0 unspecified atom stereocenters. The van der Waals surface area contributed by atoms with E-state index in [2.05, 4.69) is 9.80 Å². The maximum absolute atomic E-state index is 10.6. The summed E-state index contributed by atoms with van der Waals surface area (Å²) in [5.74, 6) is 0. The van der Waals surface area contributed by atoms with Crippen molar-refractivity contribution in [2.75, 3.05) is 52.4 Å². The zero-order valence-corrected chi connectivity index (χ0v) is 23.6. The molecular formula is C28H50B2N6O3. The molecule has 0 fully saturated rings. The number of nitrogens with two attached hydrogens (primary N) is 4. The van der Waals surface area contributed by atoms with E-state index in [0.717, 1.165) is 88.9 Å². The largest absolute Gasteiger partial charge is 0.477 e. The Kier molecular flexibility index (Phi) is 17.3. The number of rotatable bonds is 22. The van der Waals surface area contributed by atoms with Crippen LogP contribution in [-0.2, 0) is 17.7 Å². The van der Waals surface area contributed by atoms with E-state index in [0.29, 0.717) is 37.1 Å². The highest BCUT2D eigenvalue weighted by atomic mass is 16.5. The Hall–Kier alpha value is -1.79. The van der Waals surface area contributed by atoms with Crippen LogP contribution in [0.3, 0.4) is 0 Å². The Bertz CT molecular complexity index is 807. The standard InChI is InChI=1S/C28H50B2N6O3/c31-15-1-3-19-35(21-5-17-33)23-25-7-11-27(12-8-25)29(37)39-30(38)28-13-9-26(10-14-28)24-36(22-6-18-34)20-4-2-16-32/h7-14,37-38H,1-6,15-24,31-34H2. The summed E-state index contributed by atoms with van der Waals surface area (Å²) in [6.45, 7) is 8.23. The van der Waals surface area contributed by atoms with E-state index in [-0.39, 0.29) is 0 Å². The Labute approximate surface area is 236 Å². The van der Waals surface area contributed by atoms with Crippen LogP contribution in [0.2, 0.25) is 0 Å². The minimum atomic E-state index is -1.24. The highest BCUT2D eigenvalue weighted by Gasteiger charge is 2.26. The van der Waals surface area contributed by atoms with Crippen molar-refractivity contribution in [3.05, 3.63) is 59.7 Å². The molecule has 9 nitrogen and oxygen atoms in total. The molecule has 0 aromatic heterocycles. The van der Waals surface area contributed by atoms with Gasteiger partial charge in [-0.1, -0.05) is 48.5 Å². The summed E-state index contributed by atoms with van der Waals surface area (Å²) in [6.07, 6.45) is 6.04. The van der Waals surface area contributed by atoms with Gasteiger partial charge < -0.3 is 37.6 Å². The molecule has 0 heterocycles. The van der Waals surface area contributed by atoms with Crippen LogP contribution in [0.4, 0.5) is 0 Å². The van der Waals surface area contributed by atoms with Gasteiger partial charge in [0.05, 0.1) is 0 Å². The first-order chi connectivity index (χ1) is 19.0. The first-order valence-electron chi connectivity index (χ1n) is 14.4. The molecule has 0 aliphatic carbocycles. The monoisotopic (exact) mass is 540 g/mol. The van der Waals surface area contributed by atoms with E-state index in [4.69, 9.17) is 27.5 Å². The minimum Gasteiger partial charge on any atom is -0.443 e. The van der Waals surface area contributed by atoms with Crippen molar-refractivity contribution in [3.8, 4) is 0 Å². The van der Waals surface area contributed by atoms with E-state index < -0.39 is 14.2 Å². The topological polar surface area (TPSA) is 160 Å². The highest BCUT2D eigenvalue weighted by molar-refractivity contribution is 6.73. The predicted octanol–water partition coefficient (Wildman–Crippen LogP) is -0.442. The van der Waals surface area contributed by atoms with Crippen molar-refractivity contribution >= 4 is 25.2 Å². The van der Waals surface area contributed by atoms with E-state index in [1.807, 2.05) is 48.5 Å². The van der Waals surface area contributed by atoms with E-state index in [1.54, 1.807) is 0 Å². The Morgan fingerprint density at radius 2 is 0.846 bits per heavy atom. The minimum absolute atomic E-state index is 0.596. The summed E-state index contributed by atoms with van der Waals surface area (Å²) in [4.78, 5) is 4.77. The second kappa shape index (κ2) is 20.1. The summed E-state index contributed by atoms with van der Waals surface area (Å²) in [6, 6.07) is 15.3. The third kappa shape index (κ3) is 13.4. The number of nitrogens with zero attached hydrogens (tertiary/aromatic N) is 2. The maximum Gasteiger partial charge on any atom is 0.477 e. The molecule has 10 N–H and O–H groups in total. The Morgan fingerprint density at radius 3 is 1.18 bits per heavy atom. The second-order valence-corrected chi connectivity index (χ2v) is 10.2. The van der Waals surface area contributed by atoms with Crippen molar-refractivity contribution in [1.82, 2.24) is 9.80 Å². The number of benzene rings is 2. The second-order valence-electron chi connectivity index (χ2n) is 10.2. The number of hydrogen-bond acceptors (Lipinski definition) is 9. The fraction of sp³-hybridized carbons (Fsp3) is 0.571. The van der Waals surface area contributed by atoms with Gasteiger partial charge in [0.2, 0.25) is 0 Å². The molecule has 0 amide bonds. The van der Waals surface area contributed by atoms with Crippen molar-refractivity contribution in [3.63, 3.8) is 0 Å². The first kappa shape index (κ1) is 33.4. The zero-order chi connectivity index (χ0) is 28.3. The van der Waals surface area contributed by atoms with Gasteiger partial charge in [-0.05, 0) is 113 Å². The van der Waals surface area contributed by atoms with Crippen LogP contribution < -0.4 is 33.9 Å². The molecular weight excluding hydrogens is 490 g/mol. The van der Waals surface area contributed by atoms with E-state index in [9.17, 15) is 10.0 Å². The normalized spacial score (nSPS) is 11.5. The first-order valence-corrected chi connectivity index (χ1v) is 14.4. The van der Waals surface area contributed by atoms with Crippen LogP contribution in [0.15, 0.2) is 48.5 Å². The smallest absolute Gasteiger partial charge is 0.443 e. The highest BCUT2D eigenvalue weighted by Crippen LogP contribution is 2.08. The van der Waals surface area contributed by atoms with Gasteiger partial charge in [0.1, 0.15) is 0 Å². The van der Waals surface area contributed by atoms with Crippen LogP contribution in [0, 0.1) is 0 Å². The average molecular weight is 540 g/mol. The summed E-state index contributed by atoms with van der Waals surface area (Å²) < 4.78 is 5.54. The van der Waals surface area contributed by atoms with Gasteiger partial charge in [-0.2, -0.15) is 0 Å². The molecule has 0 aliphatic heterocycles. The summed E-state index contributed by atoms with van der Waals surface area (Å²) >= 11 is 0. The van der Waals surface area contributed by atoms with Gasteiger partial charge in [-0.15, -0.1) is 0 Å². The third-order valence-corrected chi connectivity index (χ3v) is 6.81. The van der Waals surface area contributed by atoms with Crippen LogP contribution in [0.1, 0.15) is 49.7 Å². The van der Waals surface area contributed by atoms with Gasteiger partial charge in [0, 0.05) is 13.1 Å². The van der Waals surface area contributed by atoms with Gasteiger partial charge in [0.15, 0.2) is 0 Å². The van der Waals surface area contributed by atoms with Crippen molar-refractivity contribution in [2.45, 2.75) is 51.6 Å². The lowest BCUT2D eigenvalue weighted by Gasteiger charge is -2.22. The van der Waals surface area contributed by atoms with Crippen molar-refractivity contribution in [1.29, 1.82) is 0 Å². The molecule has 0 radical (unpaired) electrons. The fourth-order valence-corrected chi connectivity index (χ4v) is 4.50. The quantitative estimate of drug-likeness (QED) is 0.0860. The summed E-state index contributed by atoms with van der Waals surface area (Å²) in [5.41, 5.74) is 26.2. The van der Waals surface area contributed by atoms with Crippen LogP contribution in [0.25, 0.3) is 0 Å². The van der Waals surface area contributed by atoms with Crippen LogP contribution in [-0.4, -0.2) is 86.4 Å². The molecule has 2 aromatic carbocycles.